The summed E-state index contributed by atoms with van der Waals surface area (Å²) < 4.78 is 16.2. The maximum Gasteiger partial charge on any atom is 0.170 e. The average Bonchev–Trinajstić information content (AvgIpc) is 3.02. The lowest BCUT2D eigenvalue weighted by atomic mass is 9.58. The minimum Gasteiger partial charge on any atom is -0.497 e. The van der Waals surface area contributed by atoms with Crippen LogP contribution in [0.3, 0.4) is 0 Å². The van der Waals surface area contributed by atoms with E-state index in [1.807, 2.05) is 109 Å². The van der Waals surface area contributed by atoms with Gasteiger partial charge in [-0.3, -0.25) is 4.79 Å². The van der Waals surface area contributed by atoms with Crippen LogP contribution < -0.4 is 14.2 Å². The molecule has 204 valence electrons. The van der Waals surface area contributed by atoms with Gasteiger partial charge in [0.25, 0.3) is 0 Å². The fourth-order valence-corrected chi connectivity index (χ4v) is 5.92. The van der Waals surface area contributed by atoms with Gasteiger partial charge in [0.05, 0.1) is 27.2 Å². The van der Waals surface area contributed by atoms with Crippen LogP contribution >= 0.6 is 0 Å². The second-order valence-electron chi connectivity index (χ2n) is 10.2. The minimum atomic E-state index is -1.61. The molecule has 40 heavy (non-hydrogen) atoms. The van der Waals surface area contributed by atoms with Gasteiger partial charge < -0.3 is 19.3 Å². The van der Waals surface area contributed by atoms with Gasteiger partial charge in [0.15, 0.2) is 5.78 Å². The molecule has 0 saturated carbocycles. The predicted molar refractivity (Wildman–Crippen MR) is 157 cm³/mol. The van der Waals surface area contributed by atoms with E-state index in [1.165, 1.54) is 0 Å². The van der Waals surface area contributed by atoms with Gasteiger partial charge in [-0.1, -0.05) is 73.7 Å². The van der Waals surface area contributed by atoms with Gasteiger partial charge in [-0.2, -0.15) is 0 Å². The van der Waals surface area contributed by atoms with E-state index in [2.05, 4.69) is 6.92 Å². The summed E-state index contributed by atoms with van der Waals surface area (Å²) in [6.07, 6.45) is 1.88. The normalized spacial score (nSPS) is 22.2. The third-order valence-corrected chi connectivity index (χ3v) is 8.06. The lowest BCUT2D eigenvalue weighted by Crippen LogP contribution is -2.47. The Morgan fingerprint density at radius 3 is 1.73 bits per heavy atom. The Labute approximate surface area is 235 Å². The highest BCUT2D eigenvalue weighted by Crippen LogP contribution is 2.54. The molecule has 4 atom stereocenters. The molecule has 0 spiro atoms. The average molecular weight is 535 g/mol. The molecular weight excluding hydrogens is 500 g/mol. The number of carbonyl (C=O) groups excluding carboxylic acids is 1. The zero-order valence-corrected chi connectivity index (χ0v) is 23.2. The summed E-state index contributed by atoms with van der Waals surface area (Å²) in [5.41, 5.74) is 2.45. The van der Waals surface area contributed by atoms with Crippen LogP contribution in [-0.2, 0) is 5.60 Å². The Hall–Kier alpha value is -4.35. The van der Waals surface area contributed by atoms with Crippen LogP contribution in [0, 0.1) is 11.8 Å². The number of hydrogen-bond donors (Lipinski definition) is 1. The summed E-state index contributed by atoms with van der Waals surface area (Å²) in [6, 6.07) is 32.2. The molecule has 1 aliphatic carbocycles. The van der Waals surface area contributed by atoms with Crippen LogP contribution in [0.2, 0.25) is 0 Å². The van der Waals surface area contributed by atoms with E-state index in [0.29, 0.717) is 16.9 Å². The third-order valence-electron chi connectivity index (χ3n) is 8.06. The SMILES string of the molecule is COc1ccc(C2=C[C@@](O)(c3ccc(OC)cc3)[C@H](C(=O)c3ccccc3)[C@@H](c3ccc(OC)cc3)[C@H]2C)cc1. The Morgan fingerprint density at radius 2 is 1.20 bits per heavy atom. The molecule has 0 amide bonds. The standard InChI is InChI=1S/C35H34O5/c1-23-31(24-10-16-28(38-2)17-11-24)22-35(37,27-14-20-30(40-4)21-15-27)33(34(36)26-8-6-5-7-9-26)32(23)25-12-18-29(39-3)19-13-25/h5-23,32-33,37H,1-4H3/t23-,32+,33-,35+/m0/s1. The molecular formula is C35H34O5. The van der Waals surface area contributed by atoms with E-state index in [9.17, 15) is 9.90 Å². The van der Waals surface area contributed by atoms with Crippen molar-refractivity contribution >= 4 is 11.4 Å². The largest absolute Gasteiger partial charge is 0.497 e. The summed E-state index contributed by atoms with van der Waals surface area (Å²) >= 11 is 0. The highest BCUT2D eigenvalue weighted by Gasteiger charge is 2.52. The summed E-state index contributed by atoms with van der Waals surface area (Å²) in [4.78, 5) is 14.4. The first-order valence-corrected chi connectivity index (χ1v) is 13.4. The van der Waals surface area contributed by atoms with Gasteiger partial charge in [0.2, 0.25) is 0 Å². The molecule has 0 radical (unpaired) electrons. The first-order valence-electron chi connectivity index (χ1n) is 13.4. The smallest absolute Gasteiger partial charge is 0.170 e. The quantitative estimate of drug-likeness (QED) is 0.249. The van der Waals surface area contributed by atoms with Crippen LogP contribution in [0.5, 0.6) is 17.2 Å². The summed E-state index contributed by atoms with van der Waals surface area (Å²) in [7, 11) is 4.88. The number of aliphatic hydroxyl groups is 1. The van der Waals surface area contributed by atoms with Crippen molar-refractivity contribution in [1.82, 2.24) is 0 Å². The number of ketones is 1. The number of rotatable bonds is 8. The highest BCUT2D eigenvalue weighted by molar-refractivity contribution is 6.00. The molecule has 0 aromatic heterocycles. The van der Waals surface area contributed by atoms with Gasteiger partial charge in [0.1, 0.15) is 22.8 Å². The Morgan fingerprint density at radius 1 is 0.700 bits per heavy atom. The van der Waals surface area contributed by atoms with Gasteiger partial charge in [-0.05, 0) is 70.7 Å². The summed E-state index contributed by atoms with van der Waals surface area (Å²) in [5, 5.41) is 12.8. The number of allylic oxidation sites excluding steroid dienone is 1. The molecule has 0 fully saturated rings. The van der Waals surface area contributed by atoms with E-state index < -0.39 is 11.5 Å². The molecule has 5 rings (SSSR count). The number of Topliss-reactive ketones (excluding diaryl/α,β-unsaturated/α-hetero) is 1. The van der Waals surface area contributed by atoms with Gasteiger partial charge >= 0.3 is 0 Å². The van der Waals surface area contributed by atoms with Crippen molar-refractivity contribution in [2.24, 2.45) is 11.8 Å². The highest BCUT2D eigenvalue weighted by atomic mass is 16.5. The number of ether oxygens (including phenoxy) is 3. The van der Waals surface area contributed by atoms with Crippen molar-refractivity contribution in [2.75, 3.05) is 21.3 Å². The Kier molecular flexibility index (Phi) is 7.76. The molecule has 5 heteroatoms. The molecule has 0 saturated heterocycles. The van der Waals surface area contributed by atoms with Crippen LogP contribution in [-0.4, -0.2) is 32.2 Å². The molecule has 0 bridgehead atoms. The molecule has 0 aliphatic heterocycles. The van der Waals surface area contributed by atoms with E-state index in [-0.39, 0.29) is 17.6 Å². The minimum absolute atomic E-state index is 0.0991. The fraction of sp³-hybridized carbons (Fsp3) is 0.229. The number of hydrogen-bond acceptors (Lipinski definition) is 5. The van der Waals surface area contributed by atoms with Crippen LogP contribution in [0.25, 0.3) is 5.57 Å². The van der Waals surface area contributed by atoms with Crippen molar-refractivity contribution in [3.8, 4) is 17.2 Å². The van der Waals surface area contributed by atoms with Crippen molar-refractivity contribution < 1.29 is 24.1 Å². The maximum absolute atomic E-state index is 14.4. The van der Waals surface area contributed by atoms with Crippen molar-refractivity contribution in [3.63, 3.8) is 0 Å². The van der Waals surface area contributed by atoms with Crippen LogP contribution in [0.1, 0.15) is 39.9 Å². The van der Waals surface area contributed by atoms with Gasteiger partial charge in [0, 0.05) is 11.5 Å². The maximum atomic E-state index is 14.4. The lowest BCUT2D eigenvalue weighted by molar-refractivity contribution is 0.00503. The van der Waals surface area contributed by atoms with E-state index in [1.54, 1.807) is 21.3 Å². The second kappa shape index (κ2) is 11.4. The lowest BCUT2D eigenvalue weighted by Gasteiger charge is -2.46. The van der Waals surface area contributed by atoms with Crippen LogP contribution in [0.15, 0.2) is 109 Å². The fourth-order valence-electron chi connectivity index (χ4n) is 5.92. The van der Waals surface area contributed by atoms with E-state index >= 15 is 0 Å². The topological polar surface area (TPSA) is 65.0 Å². The Balaban J connectivity index is 1.77. The van der Waals surface area contributed by atoms with E-state index in [0.717, 1.165) is 28.2 Å². The second-order valence-corrected chi connectivity index (χ2v) is 10.2. The van der Waals surface area contributed by atoms with Gasteiger partial charge in [-0.25, -0.2) is 0 Å². The van der Waals surface area contributed by atoms with Crippen molar-refractivity contribution in [2.45, 2.75) is 18.4 Å². The van der Waals surface area contributed by atoms with Crippen molar-refractivity contribution in [3.05, 3.63) is 131 Å². The first-order chi connectivity index (χ1) is 19.4. The molecule has 4 aromatic rings. The number of methoxy groups -OCH3 is 3. The summed E-state index contributed by atoms with van der Waals surface area (Å²) in [5.74, 6) is 0.807. The monoisotopic (exact) mass is 534 g/mol. The van der Waals surface area contributed by atoms with Crippen LogP contribution in [0.4, 0.5) is 0 Å². The third kappa shape index (κ3) is 5.01. The molecule has 5 nitrogen and oxygen atoms in total. The zero-order chi connectivity index (χ0) is 28.3. The molecule has 0 heterocycles. The zero-order valence-electron chi connectivity index (χ0n) is 23.2. The molecule has 4 aromatic carbocycles. The molecule has 1 N–H and O–H groups in total. The first kappa shape index (κ1) is 27.2. The molecule has 0 unspecified atom stereocenters. The predicted octanol–water partition coefficient (Wildman–Crippen LogP) is 6.92. The molecule has 1 aliphatic rings. The van der Waals surface area contributed by atoms with E-state index in [4.69, 9.17) is 14.2 Å². The van der Waals surface area contributed by atoms with Crippen molar-refractivity contribution in [1.29, 1.82) is 0 Å². The number of benzene rings is 4. The number of carbonyl (C=O) groups is 1. The summed E-state index contributed by atoms with van der Waals surface area (Å²) in [6.45, 7) is 2.13. The van der Waals surface area contributed by atoms with Gasteiger partial charge in [-0.15, -0.1) is 0 Å². The Bertz CT molecular complexity index is 1470.